The first-order valence-corrected chi connectivity index (χ1v) is 6.44. The minimum atomic E-state index is -0.471. The molecular weight excluding hydrogens is 242 g/mol. The number of esters is 1. The average Bonchev–Trinajstić information content (AvgIpc) is 2.25. The first kappa shape index (κ1) is 13.6. The summed E-state index contributed by atoms with van der Waals surface area (Å²) in [5.41, 5.74) is 0.186. The standard InChI is InChI=1S/C15H19NO3/c1-15(2,3)19-14(18)12-9-16(10-12)13(17)11-7-5-4-6-8-11/h4-8,12H,9-10H2,1-3H3. The highest BCUT2D eigenvalue weighted by atomic mass is 16.6. The lowest BCUT2D eigenvalue weighted by atomic mass is 9.98. The van der Waals surface area contributed by atoms with Gasteiger partial charge in [0.15, 0.2) is 0 Å². The number of ether oxygens (including phenoxy) is 1. The van der Waals surface area contributed by atoms with E-state index in [0.717, 1.165) is 0 Å². The second-order valence-electron chi connectivity index (χ2n) is 5.81. The van der Waals surface area contributed by atoms with E-state index in [4.69, 9.17) is 4.74 Å². The Labute approximate surface area is 113 Å². The van der Waals surface area contributed by atoms with Crippen LogP contribution in [0.2, 0.25) is 0 Å². The molecule has 0 radical (unpaired) electrons. The van der Waals surface area contributed by atoms with Crippen LogP contribution in [0.4, 0.5) is 0 Å². The van der Waals surface area contributed by atoms with E-state index < -0.39 is 5.60 Å². The van der Waals surface area contributed by atoms with Crippen molar-refractivity contribution >= 4 is 11.9 Å². The van der Waals surface area contributed by atoms with Gasteiger partial charge >= 0.3 is 5.97 Å². The van der Waals surface area contributed by atoms with Crippen molar-refractivity contribution < 1.29 is 14.3 Å². The van der Waals surface area contributed by atoms with Gasteiger partial charge in [0.1, 0.15) is 5.60 Å². The molecule has 1 aliphatic rings. The van der Waals surface area contributed by atoms with Gasteiger partial charge in [-0.15, -0.1) is 0 Å². The molecule has 1 heterocycles. The Bertz CT molecular complexity index is 470. The number of likely N-dealkylation sites (tertiary alicyclic amines) is 1. The first-order chi connectivity index (χ1) is 8.87. The van der Waals surface area contributed by atoms with E-state index >= 15 is 0 Å². The fourth-order valence-electron chi connectivity index (χ4n) is 1.94. The Kier molecular flexibility index (Phi) is 3.60. The van der Waals surface area contributed by atoms with Crippen molar-refractivity contribution in [3.8, 4) is 0 Å². The van der Waals surface area contributed by atoms with Crippen molar-refractivity contribution in [2.45, 2.75) is 26.4 Å². The highest BCUT2D eigenvalue weighted by Crippen LogP contribution is 2.22. The molecule has 0 spiro atoms. The summed E-state index contributed by atoms with van der Waals surface area (Å²) in [6.45, 7) is 6.43. The first-order valence-electron chi connectivity index (χ1n) is 6.44. The molecular formula is C15H19NO3. The highest BCUT2D eigenvalue weighted by Gasteiger charge is 2.38. The summed E-state index contributed by atoms with van der Waals surface area (Å²) in [5, 5.41) is 0. The zero-order valence-electron chi connectivity index (χ0n) is 11.6. The van der Waals surface area contributed by atoms with Crippen molar-refractivity contribution in [1.29, 1.82) is 0 Å². The van der Waals surface area contributed by atoms with Crippen LogP contribution in [0.1, 0.15) is 31.1 Å². The molecule has 0 bridgehead atoms. The van der Waals surface area contributed by atoms with E-state index in [-0.39, 0.29) is 17.8 Å². The number of hydrogen-bond donors (Lipinski definition) is 0. The van der Waals surface area contributed by atoms with Crippen LogP contribution in [0.15, 0.2) is 30.3 Å². The Morgan fingerprint density at radius 1 is 1.16 bits per heavy atom. The minimum absolute atomic E-state index is 0.0274. The van der Waals surface area contributed by atoms with Crippen LogP contribution in [0.3, 0.4) is 0 Å². The lowest BCUT2D eigenvalue weighted by Gasteiger charge is -2.38. The molecule has 4 heteroatoms. The lowest BCUT2D eigenvalue weighted by Crippen LogP contribution is -2.54. The van der Waals surface area contributed by atoms with Crippen LogP contribution in [0, 0.1) is 5.92 Å². The molecule has 1 aromatic rings. The third-order valence-corrected chi connectivity index (χ3v) is 2.93. The molecule has 0 aliphatic carbocycles. The van der Waals surface area contributed by atoms with Gasteiger partial charge in [-0.25, -0.2) is 0 Å². The summed E-state index contributed by atoms with van der Waals surface area (Å²) in [4.78, 5) is 25.5. The Morgan fingerprint density at radius 2 is 1.74 bits per heavy atom. The Balaban J connectivity index is 1.87. The van der Waals surface area contributed by atoms with Crippen LogP contribution in [-0.4, -0.2) is 35.5 Å². The summed E-state index contributed by atoms with van der Waals surface area (Å²) in [6, 6.07) is 9.10. The summed E-state index contributed by atoms with van der Waals surface area (Å²) in [7, 11) is 0. The van der Waals surface area contributed by atoms with Gasteiger partial charge < -0.3 is 9.64 Å². The third-order valence-electron chi connectivity index (χ3n) is 2.93. The maximum Gasteiger partial charge on any atom is 0.313 e. The molecule has 1 aromatic carbocycles. The summed E-state index contributed by atoms with van der Waals surface area (Å²) < 4.78 is 5.30. The fraction of sp³-hybridized carbons (Fsp3) is 0.467. The van der Waals surface area contributed by atoms with E-state index in [9.17, 15) is 9.59 Å². The lowest BCUT2D eigenvalue weighted by molar-refractivity contribution is -0.164. The molecule has 0 atom stereocenters. The normalized spacial score (nSPS) is 15.8. The molecule has 1 saturated heterocycles. The van der Waals surface area contributed by atoms with Gasteiger partial charge in [-0.3, -0.25) is 9.59 Å². The quantitative estimate of drug-likeness (QED) is 0.766. The maximum atomic E-state index is 12.1. The van der Waals surface area contributed by atoms with Gasteiger partial charge in [-0.2, -0.15) is 0 Å². The second kappa shape index (κ2) is 5.03. The van der Waals surface area contributed by atoms with Crippen molar-refractivity contribution in [2.24, 2.45) is 5.92 Å². The molecule has 102 valence electrons. The molecule has 4 nitrogen and oxygen atoms in total. The number of nitrogens with zero attached hydrogens (tertiary/aromatic N) is 1. The van der Waals surface area contributed by atoms with Crippen LogP contribution < -0.4 is 0 Å². The number of benzene rings is 1. The van der Waals surface area contributed by atoms with Gasteiger partial charge in [0.25, 0.3) is 5.91 Å². The highest BCUT2D eigenvalue weighted by molar-refractivity contribution is 5.95. The number of carbonyl (C=O) groups excluding carboxylic acids is 2. The monoisotopic (exact) mass is 261 g/mol. The van der Waals surface area contributed by atoms with Crippen molar-refractivity contribution in [1.82, 2.24) is 4.90 Å². The molecule has 19 heavy (non-hydrogen) atoms. The van der Waals surface area contributed by atoms with Gasteiger partial charge in [-0.05, 0) is 32.9 Å². The zero-order valence-corrected chi connectivity index (χ0v) is 11.6. The predicted octanol–water partition coefficient (Wildman–Crippen LogP) is 2.10. The van der Waals surface area contributed by atoms with E-state index in [1.54, 1.807) is 17.0 Å². The Morgan fingerprint density at radius 3 is 2.26 bits per heavy atom. The summed E-state index contributed by atoms with van der Waals surface area (Å²) >= 11 is 0. The van der Waals surface area contributed by atoms with Gasteiger partial charge in [0.05, 0.1) is 5.92 Å². The number of carbonyl (C=O) groups is 2. The number of rotatable bonds is 2. The van der Waals surface area contributed by atoms with Gasteiger partial charge in [0.2, 0.25) is 0 Å². The van der Waals surface area contributed by atoms with Crippen molar-refractivity contribution in [3.63, 3.8) is 0 Å². The predicted molar refractivity (Wildman–Crippen MR) is 71.7 cm³/mol. The molecule has 1 aliphatic heterocycles. The maximum absolute atomic E-state index is 12.1. The van der Waals surface area contributed by atoms with Crippen LogP contribution in [0.25, 0.3) is 0 Å². The van der Waals surface area contributed by atoms with Crippen LogP contribution in [0.5, 0.6) is 0 Å². The summed E-state index contributed by atoms with van der Waals surface area (Å²) in [6.07, 6.45) is 0. The van der Waals surface area contributed by atoms with Gasteiger partial charge in [0, 0.05) is 18.7 Å². The van der Waals surface area contributed by atoms with Crippen molar-refractivity contribution in [3.05, 3.63) is 35.9 Å². The number of amides is 1. The molecule has 2 rings (SSSR count). The molecule has 0 saturated carbocycles. The fourth-order valence-corrected chi connectivity index (χ4v) is 1.94. The van der Waals surface area contributed by atoms with E-state index in [1.165, 1.54) is 0 Å². The average molecular weight is 261 g/mol. The van der Waals surface area contributed by atoms with Gasteiger partial charge in [-0.1, -0.05) is 18.2 Å². The molecule has 0 N–H and O–H groups in total. The second-order valence-corrected chi connectivity index (χ2v) is 5.81. The molecule has 1 fully saturated rings. The minimum Gasteiger partial charge on any atom is -0.460 e. The SMILES string of the molecule is CC(C)(C)OC(=O)C1CN(C(=O)c2ccccc2)C1. The largest absolute Gasteiger partial charge is 0.460 e. The number of hydrogen-bond acceptors (Lipinski definition) is 3. The smallest absolute Gasteiger partial charge is 0.313 e. The van der Waals surface area contributed by atoms with Crippen molar-refractivity contribution in [2.75, 3.05) is 13.1 Å². The van der Waals surface area contributed by atoms with Crippen LogP contribution >= 0.6 is 0 Å². The molecule has 0 aromatic heterocycles. The van der Waals surface area contributed by atoms with E-state index in [2.05, 4.69) is 0 Å². The molecule has 1 amide bonds. The topological polar surface area (TPSA) is 46.6 Å². The van der Waals surface area contributed by atoms with Crippen LogP contribution in [-0.2, 0) is 9.53 Å². The Hall–Kier alpha value is -1.84. The zero-order chi connectivity index (χ0) is 14.0. The van der Waals surface area contributed by atoms with E-state index in [1.807, 2.05) is 39.0 Å². The molecule has 0 unspecified atom stereocenters. The summed E-state index contributed by atoms with van der Waals surface area (Å²) in [5.74, 6) is -0.433. The third kappa shape index (κ3) is 3.34. The van der Waals surface area contributed by atoms with E-state index in [0.29, 0.717) is 18.7 Å².